The average Bonchev–Trinajstić information content (AvgIpc) is 2.56. The summed E-state index contributed by atoms with van der Waals surface area (Å²) in [5.74, 6) is 0.603. The molecule has 5 heteroatoms. The van der Waals surface area contributed by atoms with E-state index >= 15 is 0 Å². The summed E-state index contributed by atoms with van der Waals surface area (Å²) < 4.78 is 6.02. The van der Waals surface area contributed by atoms with Crippen molar-refractivity contribution in [2.75, 3.05) is 7.11 Å². The molecule has 0 spiro atoms. The smallest absolute Gasteiger partial charge is 0.213 e. The predicted octanol–water partition coefficient (Wildman–Crippen LogP) is 3.28. The molecule has 0 aromatic heterocycles. The number of hydrogen-bond acceptors (Lipinski definition) is 4. The molecule has 0 atom stereocenters. The minimum atomic E-state index is -1.06. The molecule has 0 radical (unpaired) electrons. The standard InChI is InChI=1S/C18H20N2O3/c1-18(2,17(19-21)14-9-5-4-6-10-14)20(22)13-15-11-7-8-12-16(15)23-3/h4-13,21H,1-3H3/b19-17-,20-13-. The van der Waals surface area contributed by atoms with E-state index in [1.165, 1.54) is 6.21 Å². The monoisotopic (exact) mass is 312 g/mol. The molecule has 0 saturated carbocycles. The number of rotatable bonds is 5. The molecule has 120 valence electrons. The summed E-state index contributed by atoms with van der Waals surface area (Å²) in [4.78, 5) is 0. The van der Waals surface area contributed by atoms with Gasteiger partial charge in [0.1, 0.15) is 5.75 Å². The number of para-hydroxylation sites is 1. The molecule has 0 aliphatic rings. The first kappa shape index (κ1) is 16.5. The second kappa shape index (κ2) is 6.96. The van der Waals surface area contributed by atoms with Gasteiger partial charge in [-0.2, -0.15) is 0 Å². The van der Waals surface area contributed by atoms with Crippen LogP contribution >= 0.6 is 0 Å². The Labute approximate surface area is 135 Å². The lowest BCUT2D eigenvalue weighted by Crippen LogP contribution is -2.42. The first-order chi connectivity index (χ1) is 11.0. The third-order valence-corrected chi connectivity index (χ3v) is 3.67. The Morgan fingerprint density at radius 2 is 1.74 bits per heavy atom. The lowest BCUT2D eigenvalue weighted by Gasteiger charge is -2.25. The van der Waals surface area contributed by atoms with Gasteiger partial charge in [-0.3, -0.25) is 0 Å². The van der Waals surface area contributed by atoms with E-state index in [4.69, 9.17) is 4.74 Å². The van der Waals surface area contributed by atoms with Crippen LogP contribution in [0, 0.1) is 5.21 Å². The number of oxime groups is 1. The largest absolute Gasteiger partial charge is 0.623 e. The Hall–Kier alpha value is -2.82. The molecule has 0 bridgehead atoms. The molecule has 0 heterocycles. The highest BCUT2D eigenvalue weighted by molar-refractivity contribution is 6.06. The van der Waals surface area contributed by atoms with Crippen LogP contribution in [0.1, 0.15) is 25.0 Å². The zero-order valence-corrected chi connectivity index (χ0v) is 13.4. The van der Waals surface area contributed by atoms with Crippen molar-refractivity contribution in [1.29, 1.82) is 0 Å². The van der Waals surface area contributed by atoms with Gasteiger partial charge in [0, 0.05) is 19.4 Å². The van der Waals surface area contributed by atoms with E-state index in [1.54, 1.807) is 45.2 Å². The van der Waals surface area contributed by atoms with Gasteiger partial charge in [-0.05, 0) is 12.1 Å². The van der Waals surface area contributed by atoms with Gasteiger partial charge < -0.3 is 15.2 Å². The highest BCUT2D eigenvalue weighted by atomic mass is 16.5. The summed E-state index contributed by atoms with van der Waals surface area (Å²) in [6, 6.07) is 16.4. The van der Waals surface area contributed by atoms with Crippen molar-refractivity contribution >= 4 is 11.9 Å². The Balaban J connectivity index is 2.43. The lowest BCUT2D eigenvalue weighted by atomic mass is 9.92. The number of hydrogen-bond donors (Lipinski definition) is 1. The van der Waals surface area contributed by atoms with E-state index in [1.807, 2.05) is 30.3 Å². The Bertz CT molecular complexity index is 722. The van der Waals surface area contributed by atoms with E-state index < -0.39 is 5.54 Å². The fraction of sp³-hybridized carbons (Fsp3) is 0.222. The van der Waals surface area contributed by atoms with Gasteiger partial charge in [0.2, 0.25) is 5.54 Å². The number of nitrogens with zero attached hydrogens (tertiary/aromatic N) is 2. The maximum absolute atomic E-state index is 12.7. The molecule has 23 heavy (non-hydrogen) atoms. The average molecular weight is 312 g/mol. The van der Waals surface area contributed by atoms with Crippen molar-refractivity contribution in [2.24, 2.45) is 5.16 Å². The zero-order valence-electron chi connectivity index (χ0n) is 13.4. The van der Waals surface area contributed by atoms with Crippen LogP contribution in [-0.4, -0.2) is 34.5 Å². The summed E-state index contributed by atoms with van der Waals surface area (Å²) in [7, 11) is 1.55. The molecule has 2 rings (SSSR count). The number of methoxy groups -OCH3 is 1. The van der Waals surface area contributed by atoms with Gasteiger partial charge in [0.25, 0.3) is 0 Å². The van der Waals surface area contributed by atoms with Crippen LogP contribution < -0.4 is 4.74 Å². The van der Waals surface area contributed by atoms with Crippen molar-refractivity contribution in [3.8, 4) is 5.75 Å². The fourth-order valence-electron chi connectivity index (χ4n) is 2.29. The molecule has 2 aromatic rings. The van der Waals surface area contributed by atoms with Gasteiger partial charge in [0.05, 0.1) is 12.7 Å². The third kappa shape index (κ3) is 3.51. The highest BCUT2D eigenvalue weighted by Crippen LogP contribution is 2.20. The van der Waals surface area contributed by atoms with Crippen LogP contribution in [0.25, 0.3) is 0 Å². The van der Waals surface area contributed by atoms with Crippen molar-refractivity contribution < 1.29 is 14.7 Å². The zero-order chi connectivity index (χ0) is 16.9. The minimum Gasteiger partial charge on any atom is -0.623 e. The van der Waals surface area contributed by atoms with Gasteiger partial charge in [0.15, 0.2) is 11.9 Å². The summed E-state index contributed by atoms with van der Waals surface area (Å²) in [6.45, 7) is 3.40. The lowest BCUT2D eigenvalue weighted by molar-refractivity contribution is -0.512. The fourth-order valence-corrected chi connectivity index (χ4v) is 2.29. The van der Waals surface area contributed by atoms with E-state index in [2.05, 4.69) is 5.16 Å². The van der Waals surface area contributed by atoms with Crippen molar-refractivity contribution in [2.45, 2.75) is 19.4 Å². The SMILES string of the molecule is COc1ccccc1/C=[N+](\[O-])C(C)(C)/C(=N\O)c1ccccc1. The van der Waals surface area contributed by atoms with Crippen LogP contribution in [-0.2, 0) is 0 Å². The van der Waals surface area contributed by atoms with Crippen molar-refractivity contribution in [3.63, 3.8) is 0 Å². The molecule has 0 aliphatic heterocycles. The first-order valence-electron chi connectivity index (χ1n) is 7.23. The molecule has 1 N–H and O–H groups in total. The summed E-state index contributed by atoms with van der Waals surface area (Å²) in [5, 5.41) is 25.5. The maximum Gasteiger partial charge on any atom is 0.213 e. The summed E-state index contributed by atoms with van der Waals surface area (Å²) in [5.41, 5.74) is 0.577. The molecule has 5 nitrogen and oxygen atoms in total. The van der Waals surface area contributed by atoms with Crippen LogP contribution in [0.5, 0.6) is 5.75 Å². The van der Waals surface area contributed by atoms with Crippen LogP contribution in [0.2, 0.25) is 0 Å². The molecular weight excluding hydrogens is 292 g/mol. The molecule has 0 saturated heterocycles. The molecule has 0 aliphatic carbocycles. The van der Waals surface area contributed by atoms with E-state index in [-0.39, 0.29) is 0 Å². The maximum atomic E-state index is 12.7. The Morgan fingerprint density at radius 1 is 1.13 bits per heavy atom. The van der Waals surface area contributed by atoms with Crippen LogP contribution in [0.15, 0.2) is 59.8 Å². The quantitative estimate of drug-likeness (QED) is 0.303. The summed E-state index contributed by atoms with van der Waals surface area (Å²) >= 11 is 0. The Morgan fingerprint density at radius 3 is 2.35 bits per heavy atom. The van der Waals surface area contributed by atoms with Gasteiger partial charge in [-0.25, -0.2) is 4.74 Å². The van der Waals surface area contributed by atoms with Gasteiger partial charge >= 0.3 is 0 Å². The molecule has 0 amide bonds. The first-order valence-corrected chi connectivity index (χ1v) is 7.23. The van der Waals surface area contributed by atoms with E-state index in [9.17, 15) is 10.4 Å². The highest BCUT2D eigenvalue weighted by Gasteiger charge is 2.35. The normalized spacial score (nSPS) is 13.0. The minimum absolute atomic E-state index is 0.291. The Kier molecular flexibility index (Phi) is 5.01. The van der Waals surface area contributed by atoms with Gasteiger partial charge in [-0.15, -0.1) is 0 Å². The van der Waals surface area contributed by atoms with Crippen molar-refractivity contribution in [1.82, 2.24) is 0 Å². The third-order valence-electron chi connectivity index (χ3n) is 3.67. The number of ether oxygens (including phenoxy) is 1. The molecular formula is C18H20N2O3. The predicted molar refractivity (Wildman–Crippen MR) is 90.6 cm³/mol. The van der Waals surface area contributed by atoms with Crippen LogP contribution in [0.4, 0.5) is 0 Å². The number of benzene rings is 2. The number of hydroxylamine groups is 1. The second-order valence-corrected chi connectivity index (χ2v) is 5.57. The van der Waals surface area contributed by atoms with E-state index in [0.29, 0.717) is 22.6 Å². The summed E-state index contributed by atoms with van der Waals surface area (Å²) in [6.07, 6.45) is 1.44. The van der Waals surface area contributed by atoms with Crippen LogP contribution in [0.3, 0.4) is 0 Å². The molecule has 2 aromatic carbocycles. The second-order valence-electron chi connectivity index (χ2n) is 5.57. The topological polar surface area (TPSA) is 67.9 Å². The van der Waals surface area contributed by atoms with E-state index in [0.717, 1.165) is 4.74 Å². The molecule has 0 fully saturated rings. The van der Waals surface area contributed by atoms with Gasteiger partial charge in [-0.1, -0.05) is 47.6 Å². The van der Waals surface area contributed by atoms with Crippen molar-refractivity contribution in [3.05, 3.63) is 70.9 Å². The molecule has 0 unspecified atom stereocenters.